The van der Waals surface area contributed by atoms with E-state index >= 15 is 0 Å². The van der Waals surface area contributed by atoms with Crippen LogP contribution < -0.4 is 0 Å². The molecule has 0 heterocycles. The Bertz CT molecular complexity index is 72.5. The standard InChI is InChI=1S/C5H8O.C2H6/c1-3-4-5(2)6;1-2/h3-4H,1-2H3;1-2H3/b4-3-;. The molecule has 8 heavy (non-hydrogen) atoms. The summed E-state index contributed by atoms with van der Waals surface area (Å²) in [6.45, 7) is 7.35. The zero-order valence-corrected chi connectivity index (χ0v) is 6.06. The second-order valence-electron chi connectivity index (χ2n) is 1.11. The van der Waals surface area contributed by atoms with Gasteiger partial charge in [-0.05, 0) is 19.9 Å². The molecule has 0 aromatic heterocycles. The van der Waals surface area contributed by atoms with E-state index in [-0.39, 0.29) is 5.78 Å². The van der Waals surface area contributed by atoms with Crippen molar-refractivity contribution in [3.8, 4) is 0 Å². The van der Waals surface area contributed by atoms with Crippen LogP contribution in [0.1, 0.15) is 27.7 Å². The summed E-state index contributed by atoms with van der Waals surface area (Å²) in [7, 11) is 0. The molecule has 0 saturated carbocycles. The average molecular weight is 114 g/mol. The van der Waals surface area contributed by atoms with Gasteiger partial charge in [0.2, 0.25) is 0 Å². The third-order valence-corrected chi connectivity index (χ3v) is 0.401. The first kappa shape index (κ1) is 10.4. The summed E-state index contributed by atoms with van der Waals surface area (Å²) in [5.74, 6) is 0.109. The Kier molecular flexibility index (Phi) is 12.5. The minimum absolute atomic E-state index is 0.109. The van der Waals surface area contributed by atoms with E-state index in [1.807, 2.05) is 20.8 Å². The van der Waals surface area contributed by atoms with E-state index in [0.717, 1.165) is 0 Å². The number of carbonyl (C=O) groups is 1. The van der Waals surface area contributed by atoms with Gasteiger partial charge in [0, 0.05) is 0 Å². The van der Waals surface area contributed by atoms with Crippen molar-refractivity contribution in [2.45, 2.75) is 27.7 Å². The lowest BCUT2D eigenvalue weighted by Crippen LogP contribution is -1.76. The second-order valence-corrected chi connectivity index (χ2v) is 1.11. The molecule has 0 atom stereocenters. The number of carbonyl (C=O) groups excluding carboxylic acids is 1. The van der Waals surface area contributed by atoms with Gasteiger partial charge in [-0.15, -0.1) is 0 Å². The zero-order chi connectivity index (χ0) is 6.99. The van der Waals surface area contributed by atoms with Gasteiger partial charge in [-0.25, -0.2) is 0 Å². The first-order valence-electron chi connectivity index (χ1n) is 2.90. The number of hydrogen-bond donors (Lipinski definition) is 0. The molecule has 0 amide bonds. The van der Waals surface area contributed by atoms with Crippen LogP contribution in [0.2, 0.25) is 0 Å². The molecule has 1 heteroatoms. The molecular weight excluding hydrogens is 100 g/mol. The first-order chi connectivity index (χ1) is 3.77. The average Bonchev–Trinajstić information content (AvgIpc) is 1.72. The third kappa shape index (κ3) is 18.1. The number of hydrogen-bond acceptors (Lipinski definition) is 1. The molecule has 0 spiro atoms. The molecule has 0 aromatic carbocycles. The number of rotatable bonds is 1. The van der Waals surface area contributed by atoms with Crippen LogP contribution in [0.5, 0.6) is 0 Å². The minimum Gasteiger partial charge on any atom is -0.295 e. The van der Waals surface area contributed by atoms with E-state index in [9.17, 15) is 4.79 Å². The normalized spacial score (nSPS) is 8.00. The summed E-state index contributed by atoms with van der Waals surface area (Å²) in [5, 5.41) is 0. The maximum Gasteiger partial charge on any atom is 0.152 e. The van der Waals surface area contributed by atoms with Gasteiger partial charge in [0.25, 0.3) is 0 Å². The molecule has 48 valence electrons. The van der Waals surface area contributed by atoms with Crippen LogP contribution in [-0.4, -0.2) is 5.78 Å². The van der Waals surface area contributed by atoms with Gasteiger partial charge < -0.3 is 0 Å². The van der Waals surface area contributed by atoms with Crippen molar-refractivity contribution in [1.29, 1.82) is 0 Å². The summed E-state index contributed by atoms with van der Waals surface area (Å²) in [6, 6.07) is 0. The Morgan fingerprint density at radius 1 is 1.38 bits per heavy atom. The molecule has 0 aliphatic carbocycles. The highest BCUT2D eigenvalue weighted by atomic mass is 16.1. The number of ketones is 1. The highest BCUT2D eigenvalue weighted by molar-refractivity contribution is 5.87. The Morgan fingerprint density at radius 2 is 1.75 bits per heavy atom. The van der Waals surface area contributed by atoms with Gasteiger partial charge >= 0.3 is 0 Å². The van der Waals surface area contributed by atoms with E-state index < -0.39 is 0 Å². The van der Waals surface area contributed by atoms with E-state index in [0.29, 0.717) is 0 Å². The predicted molar refractivity (Wildman–Crippen MR) is 36.8 cm³/mol. The van der Waals surface area contributed by atoms with Crippen molar-refractivity contribution in [2.75, 3.05) is 0 Å². The van der Waals surface area contributed by atoms with E-state index in [1.54, 1.807) is 6.08 Å². The summed E-state index contributed by atoms with van der Waals surface area (Å²) in [5.41, 5.74) is 0. The van der Waals surface area contributed by atoms with Crippen LogP contribution in [0.15, 0.2) is 12.2 Å². The van der Waals surface area contributed by atoms with Crippen LogP contribution in [0.4, 0.5) is 0 Å². The largest absolute Gasteiger partial charge is 0.295 e. The Morgan fingerprint density at radius 3 is 1.75 bits per heavy atom. The summed E-state index contributed by atoms with van der Waals surface area (Å²) in [4.78, 5) is 9.96. The van der Waals surface area contributed by atoms with Crippen LogP contribution >= 0.6 is 0 Å². The summed E-state index contributed by atoms with van der Waals surface area (Å²) in [6.07, 6.45) is 3.25. The van der Waals surface area contributed by atoms with Crippen molar-refractivity contribution < 1.29 is 4.79 Å². The molecular formula is C7H14O. The fraction of sp³-hybridized carbons (Fsp3) is 0.571. The van der Waals surface area contributed by atoms with Crippen molar-refractivity contribution in [2.24, 2.45) is 0 Å². The fourth-order valence-corrected chi connectivity index (χ4v) is 0.235. The van der Waals surface area contributed by atoms with Crippen LogP contribution in [0, 0.1) is 0 Å². The van der Waals surface area contributed by atoms with Gasteiger partial charge in [0.05, 0.1) is 0 Å². The summed E-state index contributed by atoms with van der Waals surface area (Å²) < 4.78 is 0. The Balaban J connectivity index is 0. The van der Waals surface area contributed by atoms with Crippen molar-refractivity contribution in [1.82, 2.24) is 0 Å². The monoisotopic (exact) mass is 114 g/mol. The zero-order valence-electron chi connectivity index (χ0n) is 6.06. The highest BCUT2D eigenvalue weighted by Gasteiger charge is 1.73. The molecule has 0 aromatic rings. The van der Waals surface area contributed by atoms with Crippen molar-refractivity contribution >= 4 is 5.78 Å². The van der Waals surface area contributed by atoms with Crippen molar-refractivity contribution in [3.05, 3.63) is 12.2 Å². The van der Waals surface area contributed by atoms with Crippen LogP contribution in [-0.2, 0) is 4.79 Å². The second kappa shape index (κ2) is 9.65. The predicted octanol–water partition coefficient (Wildman–Crippen LogP) is 2.18. The lowest BCUT2D eigenvalue weighted by Gasteiger charge is -1.68. The Hall–Kier alpha value is -0.590. The molecule has 0 bridgehead atoms. The topological polar surface area (TPSA) is 17.1 Å². The molecule has 0 N–H and O–H groups in total. The molecule has 1 nitrogen and oxygen atoms in total. The van der Waals surface area contributed by atoms with Crippen molar-refractivity contribution in [3.63, 3.8) is 0 Å². The molecule has 0 aliphatic heterocycles. The van der Waals surface area contributed by atoms with E-state index in [2.05, 4.69) is 0 Å². The maximum atomic E-state index is 9.96. The molecule has 0 rings (SSSR count). The summed E-state index contributed by atoms with van der Waals surface area (Å²) >= 11 is 0. The molecule has 0 fully saturated rings. The van der Waals surface area contributed by atoms with Gasteiger partial charge in [0.1, 0.15) is 0 Å². The fourth-order valence-electron chi connectivity index (χ4n) is 0.235. The lowest BCUT2D eigenvalue weighted by atomic mass is 10.4. The maximum absolute atomic E-state index is 9.96. The highest BCUT2D eigenvalue weighted by Crippen LogP contribution is 1.69. The molecule has 0 saturated heterocycles. The SMILES string of the molecule is C/C=C\C(C)=O.CC. The quantitative estimate of drug-likeness (QED) is 0.477. The minimum atomic E-state index is 0.109. The molecule has 0 unspecified atom stereocenters. The smallest absolute Gasteiger partial charge is 0.152 e. The molecule has 0 aliphatic rings. The van der Waals surface area contributed by atoms with Crippen LogP contribution in [0.25, 0.3) is 0 Å². The van der Waals surface area contributed by atoms with Gasteiger partial charge in [0.15, 0.2) is 5.78 Å². The van der Waals surface area contributed by atoms with E-state index in [4.69, 9.17) is 0 Å². The van der Waals surface area contributed by atoms with Gasteiger partial charge in [-0.1, -0.05) is 19.9 Å². The van der Waals surface area contributed by atoms with E-state index in [1.165, 1.54) is 13.0 Å². The third-order valence-electron chi connectivity index (χ3n) is 0.401. The van der Waals surface area contributed by atoms with Crippen LogP contribution in [0.3, 0.4) is 0 Å². The Labute approximate surface area is 51.4 Å². The molecule has 0 radical (unpaired) electrons. The van der Waals surface area contributed by atoms with Gasteiger partial charge in [-0.3, -0.25) is 4.79 Å². The first-order valence-corrected chi connectivity index (χ1v) is 2.90. The lowest BCUT2D eigenvalue weighted by molar-refractivity contribution is -0.112. The number of allylic oxidation sites excluding steroid dienone is 2. The van der Waals surface area contributed by atoms with Gasteiger partial charge in [-0.2, -0.15) is 0 Å².